The third-order valence-corrected chi connectivity index (χ3v) is 3.54. The Kier molecular flexibility index (Phi) is 3.94. The van der Waals surface area contributed by atoms with E-state index in [9.17, 15) is 4.79 Å². The van der Waals surface area contributed by atoms with Crippen molar-refractivity contribution in [3.05, 3.63) is 70.1 Å². The van der Waals surface area contributed by atoms with E-state index in [4.69, 9.17) is 16.3 Å². The predicted molar refractivity (Wildman–Crippen MR) is 87.3 cm³/mol. The maximum absolute atomic E-state index is 11.8. The van der Waals surface area contributed by atoms with Crippen molar-refractivity contribution in [3.8, 4) is 28.3 Å². The Bertz CT molecular complexity index is 840. The molecule has 22 heavy (non-hydrogen) atoms. The van der Waals surface area contributed by atoms with E-state index in [-0.39, 0.29) is 0 Å². The number of nitrogens with one attached hydrogen (secondary N) is 1. The highest BCUT2D eigenvalue weighted by Crippen LogP contribution is 2.24. The van der Waals surface area contributed by atoms with E-state index >= 15 is 0 Å². The van der Waals surface area contributed by atoms with Gasteiger partial charge in [-0.1, -0.05) is 23.7 Å². The minimum atomic E-state index is -0.390. The standard InChI is InChI=1S/C17H13ClN2O2/c1-22-14-8-4-12(5-9-14)16-10-15(19-17(21)20-16)11-2-6-13(18)7-3-11/h2-10H,1H3,(H,19,20,21). The molecule has 0 saturated heterocycles. The molecule has 0 unspecified atom stereocenters. The molecule has 0 amide bonds. The Morgan fingerprint density at radius 2 is 1.64 bits per heavy atom. The number of methoxy groups -OCH3 is 1. The number of nitrogens with zero attached hydrogens (tertiary/aromatic N) is 1. The van der Waals surface area contributed by atoms with Crippen molar-refractivity contribution in [2.45, 2.75) is 0 Å². The van der Waals surface area contributed by atoms with Crippen LogP contribution in [-0.4, -0.2) is 17.1 Å². The second kappa shape index (κ2) is 6.03. The lowest BCUT2D eigenvalue weighted by atomic mass is 10.1. The quantitative estimate of drug-likeness (QED) is 0.801. The molecule has 1 heterocycles. The molecule has 5 heteroatoms. The van der Waals surface area contributed by atoms with Crippen molar-refractivity contribution in [3.63, 3.8) is 0 Å². The first kappa shape index (κ1) is 14.4. The molecular weight excluding hydrogens is 300 g/mol. The Hall–Kier alpha value is -2.59. The minimum absolute atomic E-state index is 0.390. The second-order valence-corrected chi connectivity index (χ2v) is 5.16. The normalized spacial score (nSPS) is 10.5. The fourth-order valence-electron chi connectivity index (χ4n) is 2.15. The van der Waals surface area contributed by atoms with Gasteiger partial charge in [-0.2, -0.15) is 4.98 Å². The first-order valence-corrected chi connectivity index (χ1v) is 7.05. The summed E-state index contributed by atoms with van der Waals surface area (Å²) in [6.07, 6.45) is 0. The van der Waals surface area contributed by atoms with Crippen LogP contribution in [0.15, 0.2) is 59.4 Å². The maximum atomic E-state index is 11.8. The number of hydrogen-bond donors (Lipinski definition) is 1. The van der Waals surface area contributed by atoms with E-state index in [1.165, 1.54) is 0 Å². The van der Waals surface area contributed by atoms with Crippen molar-refractivity contribution in [1.82, 2.24) is 9.97 Å². The zero-order valence-electron chi connectivity index (χ0n) is 11.8. The summed E-state index contributed by atoms with van der Waals surface area (Å²) in [4.78, 5) is 18.6. The van der Waals surface area contributed by atoms with Gasteiger partial charge in [0.05, 0.1) is 18.5 Å². The largest absolute Gasteiger partial charge is 0.497 e. The first-order chi connectivity index (χ1) is 10.7. The lowest BCUT2D eigenvalue weighted by Gasteiger charge is -2.06. The molecule has 0 spiro atoms. The third kappa shape index (κ3) is 3.02. The summed E-state index contributed by atoms with van der Waals surface area (Å²) in [7, 11) is 1.61. The summed E-state index contributed by atoms with van der Waals surface area (Å²) in [5.74, 6) is 0.756. The molecule has 0 aliphatic heterocycles. The fourth-order valence-corrected chi connectivity index (χ4v) is 2.28. The van der Waals surface area contributed by atoms with Crippen molar-refractivity contribution in [2.75, 3.05) is 7.11 Å². The first-order valence-electron chi connectivity index (χ1n) is 6.67. The predicted octanol–water partition coefficient (Wildman–Crippen LogP) is 3.77. The Morgan fingerprint density at radius 1 is 1.00 bits per heavy atom. The molecule has 2 aromatic carbocycles. The number of hydrogen-bond acceptors (Lipinski definition) is 3. The van der Waals surface area contributed by atoms with Gasteiger partial charge in [0.1, 0.15) is 5.75 Å². The minimum Gasteiger partial charge on any atom is -0.497 e. The van der Waals surface area contributed by atoms with Gasteiger partial charge in [0.25, 0.3) is 0 Å². The van der Waals surface area contributed by atoms with Gasteiger partial charge in [-0.05, 0) is 48.0 Å². The van der Waals surface area contributed by atoms with Crippen LogP contribution in [0, 0.1) is 0 Å². The monoisotopic (exact) mass is 312 g/mol. The summed E-state index contributed by atoms with van der Waals surface area (Å²) < 4.78 is 5.13. The number of benzene rings is 2. The van der Waals surface area contributed by atoms with Gasteiger partial charge in [-0.15, -0.1) is 0 Å². The molecule has 0 aliphatic rings. The van der Waals surface area contributed by atoms with Gasteiger partial charge in [-0.25, -0.2) is 4.79 Å². The SMILES string of the molecule is COc1ccc(-c2cc(-c3ccc(Cl)cc3)[nH]c(=O)n2)cc1. The zero-order valence-corrected chi connectivity index (χ0v) is 12.6. The van der Waals surface area contributed by atoms with Crippen LogP contribution in [0.25, 0.3) is 22.5 Å². The Labute approximate surface area is 132 Å². The van der Waals surface area contributed by atoms with Crippen molar-refractivity contribution in [2.24, 2.45) is 0 Å². The molecule has 3 aromatic rings. The molecule has 0 atom stereocenters. The van der Waals surface area contributed by atoms with Crippen LogP contribution in [0.1, 0.15) is 0 Å². The number of rotatable bonds is 3. The molecule has 3 rings (SSSR count). The summed E-state index contributed by atoms with van der Waals surface area (Å²) >= 11 is 5.89. The lowest BCUT2D eigenvalue weighted by molar-refractivity contribution is 0.415. The molecular formula is C17H13ClN2O2. The Balaban J connectivity index is 2.05. The summed E-state index contributed by atoms with van der Waals surface area (Å²) in [6.45, 7) is 0. The van der Waals surface area contributed by atoms with Crippen LogP contribution in [0.2, 0.25) is 5.02 Å². The fraction of sp³-hybridized carbons (Fsp3) is 0.0588. The van der Waals surface area contributed by atoms with Gasteiger partial charge in [0, 0.05) is 10.6 Å². The van der Waals surface area contributed by atoms with Crippen LogP contribution < -0.4 is 10.4 Å². The highest BCUT2D eigenvalue weighted by Gasteiger charge is 2.06. The van der Waals surface area contributed by atoms with Gasteiger partial charge in [0.2, 0.25) is 0 Å². The van der Waals surface area contributed by atoms with E-state index < -0.39 is 5.69 Å². The van der Waals surface area contributed by atoms with E-state index in [1.54, 1.807) is 19.2 Å². The smallest absolute Gasteiger partial charge is 0.345 e. The molecule has 1 aromatic heterocycles. The highest BCUT2D eigenvalue weighted by molar-refractivity contribution is 6.30. The Morgan fingerprint density at radius 3 is 2.27 bits per heavy atom. The molecule has 0 bridgehead atoms. The van der Waals surface area contributed by atoms with E-state index in [0.717, 1.165) is 16.9 Å². The van der Waals surface area contributed by atoms with Crippen LogP contribution >= 0.6 is 11.6 Å². The second-order valence-electron chi connectivity index (χ2n) is 4.72. The number of halogens is 1. The third-order valence-electron chi connectivity index (χ3n) is 3.29. The topological polar surface area (TPSA) is 55.0 Å². The molecule has 1 N–H and O–H groups in total. The molecule has 0 aliphatic carbocycles. The number of ether oxygens (including phenoxy) is 1. The van der Waals surface area contributed by atoms with Crippen LogP contribution in [0.5, 0.6) is 5.75 Å². The number of H-pyrrole nitrogens is 1. The van der Waals surface area contributed by atoms with E-state index in [2.05, 4.69) is 9.97 Å². The average molecular weight is 313 g/mol. The average Bonchev–Trinajstić information content (AvgIpc) is 2.55. The molecule has 0 radical (unpaired) electrons. The molecule has 0 saturated carbocycles. The van der Waals surface area contributed by atoms with Crippen molar-refractivity contribution in [1.29, 1.82) is 0 Å². The van der Waals surface area contributed by atoms with Crippen molar-refractivity contribution >= 4 is 11.6 Å². The zero-order chi connectivity index (χ0) is 15.5. The van der Waals surface area contributed by atoms with E-state index in [0.29, 0.717) is 16.4 Å². The van der Waals surface area contributed by atoms with Gasteiger partial charge in [0.15, 0.2) is 0 Å². The van der Waals surface area contributed by atoms with Crippen molar-refractivity contribution < 1.29 is 4.74 Å². The molecule has 0 fully saturated rings. The summed E-state index contributed by atoms with van der Waals surface area (Å²) in [5.41, 5.74) is 2.64. The number of aromatic nitrogens is 2. The maximum Gasteiger partial charge on any atom is 0.345 e. The van der Waals surface area contributed by atoms with Gasteiger partial charge >= 0.3 is 5.69 Å². The molecule has 4 nitrogen and oxygen atoms in total. The van der Waals surface area contributed by atoms with Gasteiger partial charge < -0.3 is 9.72 Å². The van der Waals surface area contributed by atoms with Crippen LogP contribution in [0.4, 0.5) is 0 Å². The molecule has 110 valence electrons. The van der Waals surface area contributed by atoms with Crippen LogP contribution in [0.3, 0.4) is 0 Å². The summed E-state index contributed by atoms with van der Waals surface area (Å²) in [5, 5.41) is 0.649. The lowest BCUT2D eigenvalue weighted by Crippen LogP contribution is -2.11. The van der Waals surface area contributed by atoms with E-state index in [1.807, 2.05) is 42.5 Å². The highest BCUT2D eigenvalue weighted by atomic mass is 35.5. The van der Waals surface area contributed by atoms with Crippen LogP contribution in [-0.2, 0) is 0 Å². The summed E-state index contributed by atoms with van der Waals surface area (Å²) in [6, 6.07) is 16.5. The number of aromatic amines is 1. The van der Waals surface area contributed by atoms with Gasteiger partial charge in [-0.3, -0.25) is 0 Å².